The van der Waals surface area contributed by atoms with E-state index in [1.807, 2.05) is 6.08 Å². The molecule has 0 aromatic carbocycles. The SMILES string of the molecule is CC/C=C\C/C=C\C/C=C\C/C=C\C/C=C\C/C=C\CCCCCCCCCCCCCCCCCCCCC(=O)NC(COC1OC(CO)C(OC2OC(CO)C(OC3OC(CO)C(O)C(O)C3O)C(O)C2O)C(O)C1O)C(O)/C=C/CCCCCCCCCCCCCCCCCCCCCCCCCCCCC. The van der Waals surface area contributed by atoms with Crippen LogP contribution in [0.4, 0.5) is 0 Å². The quantitative estimate of drug-likeness (QED) is 0.0199. The molecule has 0 aromatic rings. The van der Waals surface area contributed by atoms with Crippen LogP contribution in [0.15, 0.2) is 85.1 Å². The molecule has 12 N–H and O–H groups in total. The Balaban J connectivity index is 1.32. The number of nitrogens with one attached hydrogen (secondary N) is 1. The van der Waals surface area contributed by atoms with Crippen LogP contribution >= 0.6 is 0 Å². The summed E-state index contributed by atoms with van der Waals surface area (Å²) in [6, 6.07) is -0.978. The van der Waals surface area contributed by atoms with Crippen LogP contribution in [0, 0.1) is 0 Å². The largest absolute Gasteiger partial charge is 0.394 e. The predicted molar refractivity (Wildman–Crippen MR) is 448 cm³/mol. The molecule has 0 aliphatic carbocycles. The van der Waals surface area contributed by atoms with E-state index in [4.69, 9.17) is 28.4 Å². The molecule has 111 heavy (non-hydrogen) atoms. The fourth-order valence-corrected chi connectivity index (χ4v) is 15.0. The number of unbranched alkanes of at least 4 members (excludes halogenated alkanes) is 45. The predicted octanol–water partition coefficient (Wildman–Crippen LogP) is 17.3. The fraction of sp³-hybridized carbons (Fsp3) is 0.837. The third-order valence-electron chi connectivity index (χ3n) is 22.2. The van der Waals surface area contributed by atoms with E-state index in [0.717, 1.165) is 83.5 Å². The molecule has 3 fully saturated rings. The van der Waals surface area contributed by atoms with Crippen molar-refractivity contribution in [2.75, 3.05) is 26.4 Å². The van der Waals surface area contributed by atoms with Gasteiger partial charge in [0.05, 0.1) is 38.6 Å². The molecule has 0 radical (unpaired) electrons. The van der Waals surface area contributed by atoms with Crippen LogP contribution in [0.25, 0.3) is 0 Å². The average Bonchev–Trinajstić information content (AvgIpc) is 0.779. The fourth-order valence-electron chi connectivity index (χ4n) is 15.0. The Labute approximate surface area is 673 Å². The highest BCUT2D eigenvalue weighted by Crippen LogP contribution is 2.34. The summed E-state index contributed by atoms with van der Waals surface area (Å²) in [6.45, 7) is 1.67. The number of aliphatic hydroxyl groups excluding tert-OH is 11. The number of allylic oxidation sites excluding steroid dienone is 13. The van der Waals surface area contributed by atoms with Crippen LogP contribution in [-0.4, -0.2) is 193 Å². The molecule has 17 atom stereocenters. The van der Waals surface area contributed by atoms with Crippen molar-refractivity contribution in [1.82, 2.24) is 5.32 Å². The Bertz CT molecular complexity index is 2330. The lowest BCUT2D eigenvalue weighted by atomic mass is 9.96. The molecule has 0 aromatic heterocycles. The van der Waals surface area contributed by atoms with E-state index >= 15 is 0 Å². The molecular formula is C92H165NO18. The van der Waals surface area contributed by atoms with E-state index in [-0.39, 0.29) is 18.9 Å². The second-order valence-corrected chi connectivity index (χ2v) is 32.0. The van der Waals surface area contributed by atoms with Gasteiger partial charge < -0.3 is 89.9 Å². The Morgan fingerprint density at radius 2 is 0.622 bits per heavy atom. The zero-order chi connectivity index (χ0) is 80.3. The van der Waals surface area contributed by atoms with Crippen molar-refractivity contribution in [1.29, 1.82) is 0 Å². The maximum atomic E-state index is 13.5. The molecular weight excluding hydrogens is 1410 g/mol. The zero-order valence-corrected chi connectivity index (χ0v) is 69.7. The first-order valence-corrected chi connectivity index (χ1v) is 45.3. The van der Waals surface area contributed by atoms with Crippen LogP contribution in [0.3, 0.4) is 0 Å². The minimum absolute atomic E-state index is 0.243. The van der Waals surface area contributed by atoms with Crippen LogP contribution in [-0.2, 0) is 33.2 Å². The van der Waals surface area contributed by atoms with Crippen molar-refractivity contribution < 1.29 is 89.4 Å². The van der Waals surface area contributed by atoms with Gasteiger partial charge in [0.25, 0.3) is 0 Å². The van der Waals surface area contributed by atoms with Gasteiger partial charge >= 0.3 is 0 Å². The molecule has 3 aliphatic heterocycles. The normalized spacial score (nSPS) is 25.4. The van der Waals surface area contributed by atoms with E-state index < -0.39 is 124 Å². The minimum atomic E-state index is -1.98. The summed E-state index contributed by atoms with van der Waals surface area (Å²) in [5.74, 6) is -0.271. The Kier molecular flexibility index (Phi) is 65.4. The number of hydrogen-bond acceptors (Lipinski definition) is 18. The van der Waals surface area contributed by atoms with Crippen molar-refractivity contribution in [3.63, 3.8) is 0 Å². The van der Waals surface area contributed by atoms with Crippen LogP contribution in [0.2, 0.25) is 0 Å². The van der Waals surface area contributed by atoms with Gasteiger partial charge in [0.15, 0.2) is 18.9 Å². The second-order valence-electron chi connectivity index (χ2n) is 32.0. The highest BCUT2D eigenvalue weighted by Gasteiger charge is 2.54. The van der Waals surface area contributed by atoms with Gasteiger partial charge in [0, 0.05) is 6.42 Å². The molecule has 0 bridgehead atoms. The van der Waals surface area contributed by atoms with Crippen molar-refractivity contribution >= 4 is 5.91 Å². The van der Waals surface area contributed by atoms with Gasteiger partial charge in [-0.05, 0) is 70.6 Å². The monoisotopic (exact) mass is 1570 g/mol. The Morgan fingerprint density at radius 3 is 0.973 bits per heavy atom. The standard InChI is InChI=1S/C92H165NO18/c1-3-5-7-9-11-13-15-17-19-21-23-25-27-29-31-33-34-35-36-37-38-39-40-42-44-46-48-50-52-54-56-58-60-62-64-66-68-70-80(98)93-75(76(97)69-67-65-63-61-59-57-55-53-51-49-47-45-43-41-32-30-28-26-24-22-20-18-16-14-12-10-8-6-4-2)74-106-90-86(104)83(101)88(78(72-95)108-90)111-92-87(105)84(102)89(79(73-96)109-92)110-91-85(103)82(100)81(99)77(71-94)107-91/h5,7,11,13,17,19,23,25,29,31,34-35,67,69,75-79,81-92,94-97,99-105H,3-4,6,8-10,12,14-16,18,20-22,24,26-28,30,32-33,36-66,68,70-74H2,1-2H3,(H,93,98)/b7-5-,13-11-,19-17-,25-23-,31-29-,35-34-,69-67+. The second kappa shape index (κ2) is 71.1. The van der Waals surface area contributed by atoms with Crippen molar-refractivity contribution in [3.05, 3.63) is 85.1 Å². The molecule has 19 nitrogen and oxygen atoms in total. The molecule has 17 unspecified atom stereocenters. The summed E-state index contributed by atoms with van der Waals surface area (Å²) >= 11 is 0. The van der Waals surface area contributed by atoms with E-state index in [0.29, 0.717) is 6.42 Å². The lowest BCUT2D eigenvalue weighted by molar-refractivity contribution is -0.379. The molecule has 3 saturated heterocycles. The number of ether oxygens (including phenoxy) is 6. The molecule has 3 heterocycles. The van der Waals surface area contributed by atoms with Gasteiger partial charge in [-0.15, -0.1) is 0 Å². The van der Waals surface area contributed by atoms with Crippen molar-refractivity contribution in [2.45, 2.75) is 465 Å². The first-order chi connectivity index (χ1) is 54.3. The summed E-state index contributed by atoms with van der Waals surface area (Å²) in [5, 5.41) is 121. The lowest BCUT2D eigenvalue weighted by Crippen LogP contribution is -2.66. The number of carbonyl (C=O) groups is 1. The topological polar surface area (TPSA) is 307 Å². The van der Waals surface area contributed by atoms with E-state index in [1.165, 1.54) is 250 Å². The first kappa shape index (κ1) is 102. The minimum Gasteiger partial charge on any atom is -0.394 e. The van der Waals surface area contributed by atoms with Gasteiger partial charge in [-0.3, -0.25) is 4.79 Å². The molecule has 0 spiro atoms. The zero-order valence-electron chi connectivity index (χ0n) is 69.7. The molecule has 646 valence electrons. The van der Waals surface area contributed by atoms with Crippen LogP contribution in [0.1, 0.15) is 361 Å². The van der Waals surface area contributed by atoms with Crippen LogP contribution in [0.5, 0.6) is 0 Å². The van der Waals surface area contributed by atoms with Gasteiger partial charge in [0.2, 0.25) is 5.91 Å². The molecule has 3 aliphatic rings. The van der Waals surface area contributed by atoms with E-state index in [9.17, 15) is 61.0 Å². The van der Waals surface area contributed by atoms with Gasteiger partial charge in [-0.1, -0.05) is 369 Å². The number of carbonyl (C=O) groups excluding carboxylic acids is 1. The maximum absolute atomic E-state index is 13.5. The van der Waals surface area contributed by atoms with Gasteiger partial charge in [-0.2, -0.15) is 0 Å². The smallest absolute Gasteiger partial charge is 0.220 e. The molecule has 1 amide bonds. The first-order valence-electron chi connectivity index (χ1n) is 45.3. The highest BCUT2D eigenvalue weighted by molar-refractivity contribution is 5.76. The summed E-state index contributed by atoms with van der Waals surface area (Å²) in [4.78, 5) is 13.5. The third kappa shape index (κ3) is 49.7. The van der Waals surface area contributed by atoms with Crippen molar-refractivity contribution in [3.8, 4) is 0 Å². The van der Waals surface area contributed by atoms with E-state index in [1.54, 1.807) is 6.08 Å². The van der Waals surface area contributed by atoms with Gasteiger partial charge in [0.1, 0.15) is 73.2 Å². The average molecular weight is 1570 g/mol. The number of aliphatic hydroxyl groups is 11. The summed E-state index contributed by atoms with van der Waals surface area (Å²) < 4.78 is 34.5. The highest BCUT2D eigenvalue weighted by atomic mass is 16.8. The summed E-state index contributed by atoms with van der Waals surface area (Å²) in [7, 11) is 0. The Morgan fingerprint density at radius 1 is 0.333 bits per heavy atom. The lowest BCUT2D eigenvalue weighted by Gasteiger charge is -2.48. The van der Waals surface area contributed by atoms with Crippen LogP contribution < -0.4 is 5.32 Å². The maximum Gasteiger partial charge on any atom is 0.220 e. The molecule has 19 heteroatoms. The third-order valence-corrected chi connectivity index (χ3v) is 22.2. The molecule has 3 rings (SSSR count). The van der Waals surface area contributed by atoms with Gasteiger partial charge in [-0.25, -0.2) is 0 Å². The summed E-state index contributed by atoms with van der Waals surface area (Å²) in [6.07, 6.45) is 70.1. The summed E-state index contributed by atoms with van der Waals surface area (Å²) in [5.41, 5.74) is 0. The number of rotatable bonds is 73. The van der Waals surface area contributed by atoms with Crippen molar-refractivity contribution in [2.24, 2.45) is 0 Å². The Hall–Kier alpha value is -3.03. The number of hydrogen-bond donors (Lipinski definition) is 12. The van der Waals surface area contributed by atoms with E-state index in [2.05, 4.69) is 92.1 Å². The molecule has 0 saturated carbocycles. The number of amides is 1.